The van der Waals surface area contributed by atoms with Crippen LogP contribution in [0.4, 0.5) is 11.4 Å². The average Bonchev–Trinajstić information content (AvgIpc) is 2.73. The number of benzene rings is 3. The summed E-state index contributed by atoms with van der Waals surface area (Å²) in [5, 5.41) is 5.28. The third kappa shape index (κ3) is 4.44. The summed E-state index contributed by atoms with van der Waals surface area (Å²) in [5.41, 5.74) is 1.34. The first-order chi connectivity index (χ1) is 14.8. The van der Waals surface area contributed by atoms with Crippen molar-refractivity contribution in [2.75, 3.05) is 29.8 Å². The molecular weight excluding hydrogens is 434 g/mol. The van der Waals surface area contributed by atoms with Crippen molar-refractivity contribution in [2.45, 2.75) is 30.8 Å². The first-order valence-electron chi connectivity index (χ1n) is 10.2. The molecule has 2 N–H and O–H groups in total. The number of rotatable bonds is 5. The number of halogens is 1. The van der Waals surface area contributed by atoms with Crippen molar-refractivity contribution in [1.82, 2.24) is 5.32 Å². The molecule has 3 aromatic rings. The van der Waals surface area contributed by atoms with E-state index in [2.05, 4.69) is 28.8 Å². The number of nitrogens with one attached hydrogen (secondary N) is 2. The molecule has 2 unspecified atom stereocenters. The quantitative estimate of drug-likeness (QED) is 0.588. The Morgan fingerprint density at radius 3 is 2.39 bits per heavy atom. The van der Waals surface area contributed by atoms with E-state index in [0.29, 0.717) is 39.3 Å². The molecule has 1 heterocycles. The lowest BCUT2D eigenvalue weighted by Crippen LogP contribution is -2.54. The van der Waals surface area contributed by atoms with Crippen LogP contribution in [0.2, 0.25) is 5.02 Å². The highest BCUT2D eigenvalue weighted by molar-refractivity contribution is 7.93. The molecule has 31 heavy (non-hydrogen) atoms. The van der Waals surface area contributed by atoms with E-state index in [1.165, 1.54) is 13.2 Å². The van der Waals surface area contributed by atoms with Gasteiger partial charge in [0.05, 0.1) is 17.7 Å². The fourth-order valence-corrected chi connectivity index (χ4v) is 5.68. The Bertz CT molecular complexity index is 1210. The van der Waals surface area contributed by atoms with Gasteiger partial charge in [-0.3, -0.25) is 4.72 Å². The number of fused-ring (bicyclic) bond motifs is 1. The summed E-state index contributed by atoms with van der Waals surface area (Å²) in [7, 11) is -2.35. The molecule has 1 aliphatic heterocycles. The SMILES string of the molecule is COc1ccc(N2CC(C)NC(C)C2)cc1NS(=O)(=O)c1ccc(Cl)c2ccccc12. The van der Waals surface area contributed by atoms with Gasteiger partial charge in [0.2, 0.25) is 0 Å². The Morgan fingerprint density at radius 2 is 1.71 bits per heavy atom. The summed E-state index contributed by atoms with van der Waals surface area (Å²) < 4.78 is 34.9. The van der Waals surface area contributed by atoms with E-state index in [-0.39, 0.29) is 4.90 Å². The van der Waals surface area contributed by atoms with Gasteiger partial charge in [0.15, 0.2) is 0 Å². The predicted molar refractivity (Wildman–Crippen MR) is 127 cm³/mol. The van der Waals surface area contributed by atoms with Crippen LogP contribution in [0.1, 0.15) is 13.8 Å². The number of anilines is 2. The van der Waals surface area contributed by atoms with E-state index < -0.39 is 10.0 Å². The van der Waals surface area contributed by atoms with Gasteiger partial charge in [-0.15, -0.1) is 0 Å². The van der Waals surface area contributed by atoms with Crippen LogP contribution in [0, 0.1) is 0 Å². The van der Waals surface area contributed by atoms with Gasteiger partial charge in [-0.2, -0.15) is 0 Å². The number of hydrogen-bond acceptors (Lipinski definition) is 5. The van der Waals surface area contributed by atoms with Gasteiger partial charge >= 0.3 is 0 Å². The minimum atomic E-state index is -3.88. The zero-order valence-electron chi connectivity index (χ0n) is 17.7. The summed E-state index contributed by atoms with van der Waals surface area (Å²) >= 11 is 6.27. The molecule has 6 nitrogen and oxygen atoms in total. The molecule has 0 radical (unpaired) electrons. The van der Waals surface area contributed by atoms with Crippen LogP contribution in [0.5, 0.6) is 5.75 Å². The Labute approximate surface area is 188 Å². The maximum Gasteiger partial charge on any atom is 0.262 e. The highest BCUT2D eigenvalue weighted by Gasteiger charge is 2.24. The first kappa shape index (κ1) is 21.7. The average molecular weight is 460 g/mol. The summed E-state index contributed by atoms with van der Waals surface area (Å²) in [6, 6.07) is 16.6. The zero-order valence-corrected chi connectivity index (χ0v) is 19.3. The van der Waals surface area contributed by atoms with Crippen molar-refractivity contribution in [3.63, 3.8) is 0 Å². The topological polar surface area (TPSA) is 70.7 Å². The van der Waals surface area contributed by atoms with E-state index in [1.54, 1.807) is 24.3 Å². The van der Waals surface area contributed by atoms with E-state index in [0.717, 1.165) is 18.8 Å². The van der Waals surface area contributed by atoms with Crippen molar-refractivity contribution in [3.05, 3.63) is 59.6 Å². The van der Waals surface area contributed by atoms with Crippen LogP contribution >= 0.6 is 11.6 Å². The van der Waals surface area contributed by atoms with Gasteiger partial charge in [-0.05, 0) is 44.2 Å². The lowest BCUT2D eigenvalue weighted by Gasteiger charge is -2.38. The second kappa shape index (κ2) is 8.57. The molecule has 0 amide bonds. The molecule has 2 atom stereocenters. The van der Waals surface area contributed by atoms with Crippen molar-refractivity contribution in [3.8, 4) is 5.75 Å². The van der Waals surface area contributed by atoms with E-state index >= 15 is 0 Å². The second-order valence-electron chi connectivity index (χ2n) is 7.95. The molecule has 1 aliphatic rings. The van der Waals surface area contributed by atoms with Gasteiger partial charge in [0.25, 0.3) is 10.0 Å². The number of sulfonamides is 1. The number of ether oxygens (including phenoxy) is 1. The Hall–Kier alpha value is -2.48. The molecule has 4 rings (SSSR count). The van der Waals surface area contributed by atoms with E-state index in [1.807, 2.05) is 24.3 Å². The number of nitrogens with zero attached hydrogens (tertiary/aromatic N) is 1. The maximum atomic E-state index is 13.4. The number of piperazine rings is 1. The summed E-state index contributed by atoms with van der Waals surface area (Å²) in [6.07, 6.45) is 0. The molecule has 164 valence electrons. The molecule has 8 heteroatoms. The molecule has 1 saturated heterocycles. The van der Waals surface area contributed by atoms with E-state index in [4.69, 9.17) is 16.3 Å². The minimum Gasteiger partial charge on any atom is -0.495 e. The fourth-order valence-electron chi connectivity index (χ4n) is 4.18. The summed E-state index contributed by atoms with van der Waals surface area (Å²) in [4.78, 5) is 2.42. The highest BCUT2D eigenvalue weighted by Crippen LogP contribution is 2.34. The van der Waals surface area contributed by atoms with Crippen LogP contribution in [0.25, 0.3) is 10.8 Å². The lowest BCUT2D eigenvalue weighted by atomic mass is 10.1. The molecule has 0 spiro atoms. The van der Waals surface area contributed by atoms with Crippen LogP contribution in [0.3, 0.4) is 0 Å². The van der Waals surface area contributed by atoms with Gasteiger partial charge < -0.3 is 15.0 Å². The van der Waals surface area contributed by atoms with Crippen molar-refractivity contribution < 1.29 is 13.2 Å². The molecular formula is C23H26ClN3O3S. The Kier molecular flexibility index (Phi) is 6.01. The molecule has 0 aliphatic carbocycles. The second-order valence-corrected chi connectivity index (χ2v) is 10.0. The van der Waals surface area contributed by atoms with Gasteiger partial charge in [0.1, 0.15) is 5.75 Å². The van der Waals surface area contributed by atoms with Crippen molar-refractivity contribution in [2.24, 2.45) is 0 Å². The van der Waals surface area contributed by atoms with Crippen molar-refractivity contribution >= 4 is 43.8 Å². The minimum absolute atomic E-state index is 0.171. The standard InChI is InChI=1S/C23H26ClN3O3S/c1-15-13-27(14-16(2)25-15)17-8-10-22(30-3)21(12-17)26-31(28,29)23-11-9-20(24)18-6-4-5-7-19(18)23/h4-12,15-16,25-26H,13-14H2,1-3H3. The van der Waals surface area contributed by atoms with Gasteiger partial charge in [-0.25, -0.2) is 8.42 Å². The third-order valence-corrected chi connectivity index (χ3v) is 7.22. The van der Waals surface area contributed by atoms with Crippen LogP contribution in [0.15, 0.2) is 59.5 Å². The van der Waals surface area contributed by atoms with Crippen LogP contribution in [-0.2, 0) is 10.0 Å². The van der Waals surface area contributed by atoms with Crippen LogP contribution in [-0.4, -0.2) is 40.7 Å². The van der Waals surface area contributed by atoms with Gasteiger partial charge in [0, 0.05) is 46.7 Å². The summed E-state index contributed by atoms with van der Waals surface area (Å²) in [6.45, 7) is 5.96. The lowest BCUT2D eigenvalue weighted by molar-refractivity contribution is 0.406. The Morgan fingerprint density at radius 1 is 1.03 bits per heavy atom. The van der Waals surface area contributed by atoms with E-state index in [9.17, 15) is 8.42 Å². The molecule has 1 fully saturated rings. The van der Waals surface area contributed by atoms with Crippen LogP contribution < -0.4 is 19.7 Å². The molecule has 0 saturated carbocycles. The predicted octanol–water partition coefficient (Wildman–Crippen LogP) is 4.49. The monoisotopic (exact) mass is 459 g/mol. The molecule has 3 aromatic carbocycles. The third-order valence-electron chi connectivity index (χ3n) is 5.47. The number of hydrogen-bond donors (Lipinski definition) is 2. The molecule has 0 aromatic heterocycles. The normalized spacial score (nSPS) is 19.4. The Balaban J connectivity index is 1.72. The highest BCUT2D eigenvalue weighted by atomic mass is 35.5. The molecule has 0 bridgehead atoms. The van der Waals surface area contributed by atoms with Gasteiger partial charge in [-0.1, -0.05) is 35.9 Å². The smallest absolute Gasteiger partial charge is 0.262 e. The largest absolute Gasteiger partial charge is 0.495 e. The van der Waals surface area contributed by atoms with Crippen molar-refractivity contribution in [1.29, 1.82) is 0 Å². The summed E-state index contributed by atoms with van der Waals surface area (Å²) in [5.74, 6) is 0.460. The fraction of sp³-hybridized carbons (Fsp3) is 0.304. The maximum absolute atomic E-state index is 13.4. The first-order valence-corrected chi connectivity index (χ1v) is 12.0. The zero-order chi connectivity index (χ0) is 22.2. The number of methoxy groups -OCH3 is 1.